The van der Waals surface area contributed by atoms with E-state index in [0.717, 1.165) is 40.4 Å². The molecule has 186 valence electrons. The number of aromatic nitrogens is 1. The summed E-state index contributed by atoms with van der Waals surface area (Å²) in [6.07, 6.45) is -3.10. The summed E-state index contributed by atoms with van der Waals surface area (Å²) in [5, 5.41) is 2.79. The molecule has 1 N–H and O–H groups in total. The lowest BCUT2D eigenvalue weighted by molar-refractivity contribution is -0.274. The van der Waals surface area contributed by atoms with Crippen LogP contribution in [0.1, 0.15) is 36.4 Å². The van der Waals surface area contributed by atoms with Crippen LogP contribution in [0.3, 0.4) is 0 Å². The highest BCUT2D eigenvalue weighted by Crippen LogP contribution is 2.30. The van der Waals surface area contributed by atoms with Gasteiger partial charge in [-0.05, 0) is 58.0 Å². The fraction of sp³-hybridized carbons (Fsp3) is 0.440. The van der Waals surface area contributed by atoms with Crippen LogP contribution >= 0.6 is 0 Å². The van der Waals surface area contributed by atoms with Gasteiger partial charge in [0.05, 0.1) is 6.04 Å². The Morgan fingerprint density at radius 2 is 1.79 bits per heavy atom. The average molecular weight is 480 g/mol. The van der Waals surface area contributed by atoms with E-state index in [1.807, 2.05) is 46.6 Å². The third-order valence-corrected chi connectivity index (χ3v) is 5.41. The molecule has 1 aromatic carbocycles. The number of likely N-dealkylation sites (N-methyl/N-ethyl adjacent to an activating group) is 1. The second kappa shape index (κ2) is 11.4. The van der Waals surface area contributed by atoms with Crippen molar-refractivity contribution in [3.05, 3.63) is 59.4 Å². The predicted molar refractivity (Wildman–Crippen MR) is 126 cm³/mol. The minimum Gasteiger partial charge on any atom is -0.489 e. The Morgan fingerprint density at radius 1 is 1.18 bits per heavy atom. The zero-order valence-corrected chi connectivity index (χ0v) is 20.4. The minimum absolute atomic E-state index is 0.0461. The first-order valence-corrected chi connectivity index (χ1v) is 10.9. The van der Waals surface area contributed by atoms with Crippen LogP contribution in [0.25, 0.3) is 0 Å². The maximum atomic E-state index is 13.1. The zero-order chi connectivity index (χ0) is 25.6. The summed E-state index contributed by atoms with van der Waals surface area (Å²) in [6, 6.07) is 4.54. The van der Waals surface area contributed by atoms with Crippen molar-refractivity contribution in [2.75, 3.05) is 19.0 Å². The number of rotatable bonds is 10. The largest absolute Gasteiger partial charge is 0.573 e. The Morgan fingerprint density at radius 3 is 2.32 bits per heavy atom. The lowest BCUT2D eigenvalue weighted by Gasteiger charge is -2.31. The number of alkyl halides is 3. The fourth-order valence-corrected chi connectivity index (χ4v) is 3.80. The summed E-state index contributed by atoms with van der Waals surface area (Å²) in [5.41, 5.74) is 3.89. The summed E-state index contributed by atoms with van der Waals surface area (Å²) < 4.78 is 46.9. The van der Waals surface area contributed by atoms with Crippen LogP contribution in [-0.2, 0) is 11.3 Å². The molecule has 0 fully saturated rings. The van der Waals surface area contributed by atoms with Gasteiger partial charge in [-0.3, -0.25) is 14.7 Å². The second-order valence-electron chi connectivity index (χ2n) is 8.48. The van der Waals surface area contributed by atoms with Gasteiger partial charge in [-0.1, -0.05) is 26.5 Å². The number of anilines is 1. The Labute approximate surface area is 198 Å². The molecule has 2 rings (SSSR count). The quantitative estimate of drug-likeness (QED) is 0.452. The molecule has 0 saturated carbocycles. The van der Waals surface area contributed by atoms with Crippen LogP contribution in [0.15, 0.2) is 36.9 Å². The Kier molecular flexibility index (Phi) is 9.09. The van der Waals surface area contributed by atoms with Crippen LogP contribution in [-0.4, -0.2) is 41.8 Å². The molecule has 1 heterocycles. The minimum atomic E-state index is -4.77. The van der Waals surface area contributed by atoms with Gasteiger partial charge in [-0.25, -0.2) is 0 Å². The number of carbonyl (C=O) groups is 1. The molecule has 1 aromatic heterocycles. The number of hydrogen-bond acceptors (Lipinski definition) is 5. The van der Waals surface area contributed by atoms with E-state index in [0.29, 0.717) is 18.8 Å². The van der Waals surface area contributed by atoms with Crippen LogP contribution in [0.4, 0.5) is 18.9 Å². The number of carbonyl (C=O) groups excluding carboxylic acids is 1. The topological polar surface area (TPSA) is 63.7 Å². The standard InChI is InChI=1S/C25H32F3N3O3/c1-8-13-33-23-16(4)17(5)29-18(6)21(23)14-31(7)22(15(2)3)24(32)30-19-9-11-20(12-10-19)34-25(26,27)28/h8-12,15,22H,1,13-14H2,2-7H3,(H,30,32). The van der Waals surface area contributed by atoms with Gasteiger partial charge in [-0.2, -0.15) is 0 Å². The third-order valence-electron chi connectivity index (χ3n) is 5.41. The number of amides is 1. The van der Waals surface area contributed by atoms with Crippen molar-refractivity contribution in [2.45, 2.75) is 53.6 Å². The highest BCUT2D eigenvalue weighted by atomic mass is 19.4. The van der Waals surface area contributed by atoms with Crippen LogP contribution in [0.2, 0.25) is 0 Å². The summed E-state index contributed by atoms with van der Waals surface area (Å²) >= 11 is 0. The third kappa shape index (κ3) is 7.21. The molecule has 0 spiro atoms. The van der Waals surface area contributed by atoms with Crippen molar-refractivity contribution in [1.29, 1.82) is 0 Å². The van der Waals surface area contributed by atoms with Gasteiger partial charge in [0.25, 0.3) is 0 Å². The lowest BCUT2D eigenvalue weighted by atomic mass is 10.00. The number of hydrogen-bond donors (Lipinski definition) is 1. The zero-order valence-electron chi connectivity index (χ0n) is 20.4. The van der Waals surface area contributed by atoms with Crippen molar-refractivity contribution < 1.29 is 27.4 Å². The smallest absolute Gasteiger partial charge is 0.489 e. The molecule has 1 unspecified atom stereocenters. The van der Waals surface area contributed by atoms with Gasteiger partial charge >= 0.3 is 6.36 Å². The van der Waals surface area contributed by atoms with E-state index in [4.69, 9.17) is 4.74 Å². The summed E-state index contributed by atoms with van der Waals surface area (Å²) in [6.45, 7) is 14.1. The number of nitrogens with zero attached hydrogens (tertiary/aromatic N) is 2. The average Bonchev–Trinajstić information content (AvgIpc) is 2.72. The van der Waals surface area contributed by atoms with E-state index in [-0.39, 0.29) is 17.6 Å². The van der Waals surface area contributed by atoms with Gasteiger partial charge in [-0.15, -0.1) is 13.2 Å². The number of benzene rings is 1. The lowest BCUT2D eigenvalue weighted by Crippen LogP contribution is -2.45. The maximum Gasteiger partial charge on any atom is 0.573 e. The highest BCUT2D eigenvalue weighted by Gasteiger charge is 2.31. The van der Waals surface area contributed by atoms with Gasteiger partial charge < -0.3 is 14.8 Å². The van der Waals surface area contributed by atoms with E-state index in [9.17, 15) is 18.0 Å². The second-order valence-corrected chi connectivity index (χ2v) is 8.48. The van der Waals surface area contributed by atoms with E-state index < -0.39 is 12.4 Å². The van der Waals surface area contributed by atoms with Crippen LogP contribution in [0, 0.1) is 26.7 Å². The fourth-order valence-electron chi connectivity index (χ4n) is 3.80. The predicted octanol–water partition coefficient (Wildman–Crippen LogP) is 5.57. The first-order chi connectivity index (χ1) is 15.8. The van der Waals surface area contributed by atoms with E-state index >= 15 is 0 Å². The Bertz CT molecular complexity index is 1010. The molecule has 34 heavy (non-hydrogen) atoms. The summed E-state index contributed by atoms with van der Waals surface area (Å²) in [4.78, 5) is 19.7. The van der Waals surface area contributed by atoms with Crippen LogP contribution in [0.5, 0.6) is 11.5 Å². The molecule has 1 atom stereocenters. The summed E-state index contributed by atoms with van der Waals surface area (Å²) in [5.74, 6) is 0.0629. The molecule has 6 nitrogen and oxygen atoms in total. The molecular formula is C25H32F3N3O3. The van der Waals surface area contributed by atoms with Crippen molar-refractivity contribution in [1.82, 2.24) is 9.88 Å². The molecule has 2 aromatic rings. The first kappa shape index (κ1) is 27.2. The van der Waals surface area contributed by atoms with Crippen molar-refractivity contribution in [3.63, 3.8) is 0 Å². The first-order valence-electron chi connectivity index (χ1n) is 10.9. The van der Waals surface area contributed by atoms with Crippen molar-refractivity contribution in [2.24, 2.45) is 5.92 Å². The van der Waals surface area contributed by atoms with E-state index in [2.05, 4.69) is 21.6 Å². The number of ether oxygens (including phenoxy) is 2. The van der Waals surface area contributed by atoms with Crippen molar-refractivity contribution in [3.8, 4) is 11.5 Å². The molecule has 0 aliphatic heterocycles. The normalized spacial score (nSPS) is 12.6. The molecule has 0 aliphatic carbocycles. The molecule has 0 bridgehead atoms. The maximum absolute atomic E-state index is 13.1. The Hall–Kier alpha value is -3.07. The van der Waals surface area contributed by atoms with Gasteiger partial charge in [0.1, 0.15) is 18.1 Å². The molecule has 0 saturated heterocycles. The SMILES string of the molecule is C=CCOc1c(C)c(C)nc(C)c1CN(C)C(C(=O)Nc1ccc(OC(F)(F)F)cc1)C(C)C. The monoisotopic (exact) mass is 479 g/mol. The van der Waals surface area contributed by atoms with Crippen LogP contribution < -0.4 is 14.8 Å². The highest BCUT2D eigenvalue weighted by molar-refractivity contribution is 5.95. The van der Waals surface area contributed by atoms with Crippen molar-refractivity contribution >= 4 is 11.6 Å². The molecule has 1 amide bonds. The molecule has 0 radical (unpaired) electrons. The van der Waals surface area contributed by atoms with Gasteiger partial charge in [0.2, 0.25) is 5.91 Å². The number of halogens is 3. The molecule has 9 heteroatoms. The number of pyridine rings is 1. The van der Waals surface area contributed by atoms with E-state index in [1.165, 1.54) is 12.1 Å². The van der Waals surface area contributed by atoms with Gasteiger partial charge in [0.15, 0.2) is 0 Å². The number of aryl methyl sites for hydroxylation is 2. The molecular weight excluding hydrogens is 447 g/mol. The molecule has 0 aliphatic rings. The number of nitrogens with one attached hydrogen (secondary N) is 1. The van der Waals surface area contributed by atoms with E-state index in [1.54, 1.807) is 6.08 Å². The Balaban J connectivity index is 2.23. The summed E-state index contributed by atoms with van der Waals surface area (Å²) in [7, 11) is 1.84. The van der Waals surface area contributed by atoms with Gasteiger partial charge in [0, 0.05) is 34.7 Å².